The van der Waals surface area contributed by atoms with Crippen LogP contribution in [0, 0.1) is 0 Å². The van der Waals surface area contributed by atoms with E-state index in [9.17, 15) is 14.4 Å². The van der Waals surface area contributed by atoms with Crippen molar-refractivity contribution in [3.63, 3.8) is 0 Å². The zero-order chi connectivity index (χ0) is 59.9. The van der Waals surface area contributed by atoms with E-state index in [2.05, 4.69) is 106 Å². The maximum atomic E-state index is 12.9. The third-order valence-electron chi connectivity index (χ3n) is 15.9. The highest BCUT2D eigenvalue weighted by Gasteiger charge is 2.19. The molecule has 6 nitrogen and oxygen atoms in total. The first-order valence-corrected chi connectivity index (χ1v) is 36.1. The Labute approximate surface area is 515 Å². The Morgan fingerprint density at radius 1 is 0.253 bits per heavy atom. The number of rotatable bonds is 66. The smallest absolute Gasteiger partial charge is 0.306 e. The Balaban J connectivity index is 4.12. The van der Waals surface area contributed by atoms with Crippen molar-refractivity contribution in [1.29, 1.82) is 0 Å². The lowest BCUT2D eigenvalue weighted by Gasteiger charge is -2.18. The van der Waals surface area contributed by atoms with E-state index >= 15 is 0 Å². The minimum Gasteiger partial charge on any atom is -0.462 e. The maximum Gasteiger partial charge on any atom is 0.306 e. The van der Waals surface area contributed by atoms with Gasteiger partial charge in [-0.05, 0) is 89.9 Å². The van der Waals surface area contributed by atoms with E-state index in [4.69, 9.17) is 14.2 Å². The predicted octanol–water partition coefficient (Wildman–Crippen LogP) is 25.0. The standard InChI is InChI=1S/C77H136O6/c1-4-7-10-13-16-19-22-25-27-29-30-31-32-33-34-35-36-37-38-39-40-41-42-43-44-45-46-48-49-52-55-58-61-64-67-70-76(79)82-73-74(72-81-75(78)69-66-63-60-57-54-51-24-21-18-15-12-9-6-3)83-77(80)71-68-65-62-59-56-53-50-47-28-26-23-20-17-14-11-8-5-2/h7,10,12,15-16,19,21,24-25,27,30-31,33-34,74H,4-6,8-9,11,13-14,17-18,20,22-23,26,28-29,32,35-73H2,1-3H3/b10-7-,15-12-,19-16-,24-21-,27-25-,31-30-,34-33-. The van der Waals surface area contributed by atoms with Crippen LogP contribution >= 0.6 is 0 Å². The Morgan fingerprint density at radius 2 is 0.494 bits per heavy atom. The summed E-state index contributed by atoms with van der Waals surface area (Å²) in [5.74, 6) is -0.867. The lowest BCUT2D eigenvalue weighted by molar-refractivity contribution is -0.167. The Bertz CT molecular complexity index is 1570. The quantitative estimate of drug-likeness (QED) is 0.0261. The first-order valence-electron chi connectivity index (χ1n) is 36.1. The molecule has 0 amide bonds. The molecule has 0 aromatic carbocycles. The molecule has 0 fully saturated rings. The molecule has 0 aliphatic rings. The monoisotopic (exact) mass is 1160 g/mol. The third kappa shape index (κ3) is 69.3. The van der Waals surface area contributed by atoms with Crippen LogP contribution < -0.4 is 0 Å². The van der Waals surface area contributed by atoms with Crippen molar-refractivity contribution in [2.24, 2.45) is 0 Å². The summed E-state index contributed by atoms with van der Waals surface area (Å²) in [5, 5.41) is 0. The molecule has 1 atom stereocenters. The summed E-state index contributed by atoms with van der Waals surface area (Å²) in [4.78, 5) is 38.4. The lowest BCUT2D eigenvalue weighted by Crippen LogP contribution is -2.30. The van der Waals surface area contributed by atoms with Gasteiger partial charge >= 0.3 is 17.9 Å². The molecule has 0 radical (unpaired) electrons. The van der Waals surface area contributed by atoms with Gasteiger partial charge in [-0.1, -0.05) is 343 Å². The number of ether oxygens (including phenoxy) is 3. The summed E-state index contributed by atoms with van der Waals surface area (Å²) in [6, 6.07) is 0. The summed E-state index contributed by atoms with van der Waals surface area (Å²) in [6.45, 7) is 6.50. The minimum absolute atomic E-state index is 0.0747. The molecule has 1 unspecified atom stereocenters. The normalized spacial score (nSPS) is 12.6. The van der Waals surface area contributed by atoms with E-state index in [0.717, 1.165) is 116 Å². The van der Waals surface area contributed by atoms with Gasteiger partial charge in [-0.3, -0.25) is 14.4 Å². The van der Waals surface area contributed by atoms with Gasteiger partial charge in [0.15, 0.2) is 6.10 Å². The van der Waals surface area contributed by atoms with E-state index < -0.39 is 6.10 Å². The van der Waals surface area contributed by atoms with Crippen molar-refractivity contribution < 1.29 is 28.6 Å². The minimum atomic E-state index is -0.779. The van der Waals surface area contributed by atoms with Gasteiger partial charge in [0, 0.05) is 19.3 Å². The lowest BCUT2D eigenvalue weighted by atomic mass is 10.0. The van der Waals surface area contributed by atoms with Gasteiger partial charge < -0.3 is 14.2 Å². The van der Waals surface area contributed by atoms with Crippen LogP contribution in [0.25, 0.3) is 0 Å². The molecule has 480 valence electrons. The fourth-order valence-corrected chi connectivity index (χ4v) is 10.5. The molecule has 0 rings (SSSR count). The molecule has 0 bridgehead atoms. The topological polar surface area (TPSA) is 78.9 Å². The molecular formula is C77H136O6. The van der Waals surface area contributed by atoms with Crippen molar-refractivity contribution in [3.05, 3.63) is 85.1 Å². The second-order valence-electron chi connectivity index (χ2n) is 24.1. The van der Waals surface area contributed by atoms with Gasteiger partial charge in [0.05, 0.1) is 0 Å². The van der Waals surface area contributed by atoms with Crippen molar-refractivity contribution in [1.82, 2.24) is 0 Å². The van der Waals surface area contributed by atoms with Crippen molar-refractivity contribution in [2.75, 3.05) is 13.2 Å². The van der Waals surface area contributed by atoms with Crippen molar-refractivity contribution in [3.8, 4) is 0 Å². The zero-order valence-corrected chi connectivity index (χ0v) is 55.2. The molecule has 0 saturated heterocycles. The van der Waals surface area contributed by atoms with E-state index in [-0.39, 0.29) is 31.1 Å². The Hall–Kier alpha value is -3.41. The van der Waals surface area contributed by atoms with E-state index in [1.807, 2.05) is 0 Å². The van der Waals surface area contributed by atoms with Gasteiger partial charge in [-0.15, -0.1) is 0 Å². The molecule has 0 aliphatic heterocycles. The maximum absolute atomic E-state index is 12.9. The summed E-state index contributed by atoms with van der Waals surface area (Å²) >= 11 is 0. The molecule has 0 N–H and O–H groups in total. The van der Waals surface area contributed by atoms with Crippen LogP contribution in [0.5, 0.6) is 0 Å². The van der Waals surface area contributed by atoms with Crippen LogP contribution in [0.4, 0.5) is 0 Å². The highest BCUT2D eigenvalue weighted by atomic mass is 16.6. The van der Waals surface area contributed by atoms with E-state index in [1.165, 1.54) is 212 Å². The molecule has 0 spiro atoms. The molecular weight excluding hydrogens is 1020 g/mol. The highest BCUT2D eigenvalue weighted by Crippen LogP contribution is 2.18. The molecule has 0 aromatic heterocycles. The number of carbonyl (C=O) groups excluding carboxylic acids is 3. The van der Waals surface area contributed by atoms with E-state index in [0.29, 0.717) is 19.3 Å². The zero-order valence-electron chi connectivity index (χ0n) is 55.2. The summed E-state index contributed by atoms with van der Waals surface area (Å²) in [5.41, 5.74) is 0. The van der Waals surface area contributed by atoms with Gasteiger partial charge in [0.2, 0.25) is 0 Å². The first-order chi connectivity index (χ1) is 41.0. The number of unbranched alkanes of at least 4 members (excludes halogenated alkanes) is 41. The third-order valence-corrected chi connectivity index (χ3v) is 15.9. The van der Waals surface area contributed by atoms with Gasteiger partial charge in [0.25, 0.3) is 0 Å². The Morgan fingerprint density at radius 3 is 0.783 bits per heavy atom. The second kappa shape index (κ2) is 71.1. The summed E-state index contributed by atoms with van der Waals surface area (Å²) in [6.07, 6.45) is 94.8. The van der Waals surface area contributed by atoms with Crippen LogP contribution in [0.2, 0.25) is 0 Å². The Kier molecular flexibility index (Phi) is 68.2. The fraction of sp³-hybridized carbons (Fsp3) is 0.779. The molecule has 0 heterocycles. The SMILES string of the molecule is CC/C=C\C/C=C\C/C=C\C/C=C\C/C=C\CCCCCCCCCCCCCCCCCCCCCC(=O)OCC(COC(=O)CCCCCCC/C=C\C/C=C\CCC)OC(=O)CCCCCCCCCCCCCCCCCCC. The molecule has 0 saturated carbocycles. The first kappa shape index (κ1) is 79.6. The highest BCUT2D eigenvalue weighted by molar-refractivity contribution is 5.71. The van der Waals surface area contributed by atoms with Crippen molar-refractivity contribution >= 4 is 17.9 Å². The van der Waals surface area contributed by atoms with E-state index in [1.54, 1.807) is 0 Å². The van der Waals surface area contributed by atoms with Crippen LogP contribution in [-0.2, 0) is 28.6 Å². The predicted molar refractivity (Wildman–Crippen MR) is 362 cm³/mol. The number of hydrogen-bond acceptors (Lipinski definition) is 6. The number of hydrogen-bond donors (Lipinski definition) is 0. The average molecular weight is 1160 g/mol. The molecule has 0 aromatic rings. The molecule has 0 aliphatic carbocycles. The van der Waals surface area contributed by atoms with Crippen LogP contribution in [-0.4, -0.2) is 37.2 Å². The van der Waals surface area contributed by atoms with Crippen LogP contribution in [0.1, 0.15) is 367 Å². The van der Waals surface area contributed by atoms with Gasteiger partial charge in [-0.25, -0.2) is 0 Å². The van der Waals surface area contributed by atoms with Crippen molar-refractivity contribution in [2.45, 2.75) is 374 Å². The molecule has 6 heteroatoms. The average Bonchev–Trinajstić information content (AvgIpc) is 3.49. The second-order valence-corrected chi connectivity index (χ2v) is 24.1. The summed E-state index contributed by atoms with van der Waals surface area (Å²) in [7, 11) is 0. The molecule has 83 heavy (non-hydrogen) atoms. The number of allylic oxidation sites excluding steroid dienone is 14. The summed E-state index contributed by atoms with van der Waals surface area (Å²) < 4.78 is 17.0. The van der Waals surface area contributed by atoms with Gasteiger partial charge in [0.1, 0.15) is 13.2 Å². The van der Waals surface area contributed by atoms with Crippen LogP contribution in [0.3, 0.4) is 0 Å². The van der Waals surface area contributed by atoms with Crippen LogP contribution in [0.15, 0.2) is 85.1 Å². The van der Waals surface area contributed by atoms with Gasteiger partial charge in [-0.2, -0.15) is 0 Å². The fourth-order valence-electron chi connectivity index (χ4n) is 10.5. The largest absolute Gasteiger partial charge is 0.462 e. The number of esters is 3. The number of carbonyl (C=O) groups is 3.